The maximum absolute atomic E-state index is 11.8. The molecule has 0 fully saturated rings. The highest BCUT2D eigenvalue weighted by molar-refractivity contribution is 6.00. The topological polar surface area (TPSA) is 75.8 Å². The maximum atomic E-state index is 11.8. The number of anilines is 2. The van der Waals surface area contributed by atoms with Crippen molar-refractivity contribution in [2.75, 3.05) is 23.8 Å². The third kappa shape index (κ3) is 1.69. The van der Waals surface area contributed by atoms with Crippen molar-refractivity contribution in [2.24, 2.45) is 0 Å². The van der Waals surface area contributed by atoms with E-state index in [9.17, 15) is 4.79 Å². The monoisotopic (exact) mass is 222 g/mol. The number of carbonyl (C=O) groups is 1. The molecule has 1 heterocycles. The second-order valence-corrected chi connectivity index (χ2v) is 3.70. The molecule has 0 aliphatic carbocycles. The van der Waals surface area contributed by atoms with E-state index in [4.69, 9.17) is 15.6 Å². The Morgan fingerprint density at radius 1 is 1.56 bits per heavy atom. The van der Waals surface area contributed by atoms with E-state index < -0.39 is 6.10 Å². The Labute approximate surface area is 93.4 Å². The first-order chi connectivity index (χ1) is 7.63. The Bertz CT molecular complexity index is 420. The van der Waals surface area contributed by atoms with Gasteiger partial charge in [0.05, 0.1) is 12.3 Å². The molecule has 1 aromatic rings. The van der Waals surface area contributed by atoms with E-state index in [-0.39, 0.29) is 19.1 Å². The molecular formula is C11H14N2O3. The van der Waals surface area contributed by atoms with E-state index >= 15 is 0 Å². The molecule has 5 nitrogen and oxygen atoms in total. The number of nitrogens with zero attached hydrogens (tertiary/aromatic N) is 1. The summed E-state index contributed by atoms with van der Waals surface area (Å²) in [6.07, 6.45) is -0.525. The fourth-order valence-corrected chi connectivity index (χ4v) is 1.75. The molecule has 2 rings (SSSR count). The number of aliphatic hydroxyl groups is 1. The predicted octanol–water partition coefficient (Wildman–Crippen LogP) is 0.375. The van der Waals surface area contributed by atoms with Crippen molar-refractivity contribution in [3.05, 3.63) is 18.2 Å². The van der Waals surface area contributed by atoms with Crippen LogP contribution in [0, 0.1) is 0 Å². The number of ether oxygens (including phenoxy) is 1. The molecule has 16 heavy (non-hydrogen) atoms. The van der Waals surface area contributed by atoms with Crippen molar-refractivity contribution in [1.82, 2.24) is 0 Å². The van der Waals surface area contributed by atoms with Gasteiger partial charge in [-0.2, -0.15) is 0 Å². The molecular weight excluding hydrogens is 208 g/mol. The number of hydrogen-bond donors (Lipinski definition) is 2. The minimum atomic E-state index is -0.525. The lowest BCUT2D eigenvalue weighted by Gasteiger charge is -2.32. The molecule has 0 bridgehead atoms. The Morgan fingerprint density at radius 2 is 2.31 bits per heavy atom. The molecule has 1 amide bonds. The van der Waals surface area contributed by atoms with Gasteiger partial charge in [0.15, 0.2) is 6.10 Å². The standard InChI is InChI=1S/C11H14N2O3/c1-7-11(15)13(4-5-14)9-6-8(12)2-3-10(9)16-7/h2-3,6-7,14H,4-5,12H2,1H3. The van der Waals surface area contributed by atoms with Crippen molar-refractivity contribution in [2.45, 2.75) is 13.0 Å². The van der Waals surface area contributed by atoms with Gasteiger partial charge in [-0.1, -0.05) is 0 Å². The van der Waals surface area contributed by atoms with Crippen LogP contribution in [0.3, 0.4) is 0 Å². The van der Waals surface area contributed by atoms with Crippen LogP contribution < -0.4 is 15.4 Å². The number of benzene rings is 1. The van der Waals surface area contributed by atoms with Gasteiger partial charge < -0.3 is 20.5 Å². The minimum absolute atomic E-state index is 0.0906. The van der Waals surface area contributed by atoms with Crippen LogP contribution in [0.4, 0.5) is 11.4 Å². The van der Waals surface area contributed by atoms with Crippen molar-refractivity contribution < 1.29 is 14.6 Å². The van der Waals surface area contributed by atoms with Gasteiger partial charge in [0.2, 0.25) is 0 Å². The molecule has 0 radical (unpaired) electrons. The lowest BCUT2D eigenvalue weighted by Crippen LogP contribution is -2.45. The zero-order chi connectivity index (χ0) is 11.7. The number of fused-ring (bicyclic) bond motifs is 1. The molecule has 0 spiro atoms. The second kappa shape index (κ2) is 4.02. The molecule has 0 saturated carbocycles. The quantitative estimate of drug-likeness (QED) is 0.709. The Kier molecular flexibility index (Phi) is 2.70. The van der Waals surface area contributed by atoms with Gasteiger partial charge in [0.1, 0.15) is 5.75 Å². The molecule has 1 aromatic carbocycles. The van der Waals surface area contributed by atoms with Crippen LogP contribution in [0.1, 0.15) is 6.92 Å². The van der Waals surface area contributed by atoms with E-state index in [1.807, 2.05) is 0 Å². The third-order valence-corrected chi connectivity index (χ3v) is 2.51. The normalized spacial score (nSPS) is 19.2. The second-order valence-electron chi connectivity index (χ2n) is 3.70. The fourth-order valence-electron chi connectivity index (χ4n) is 1.75. The summed E-state index contributed by atoms with van der Waals surface area (Å²) in [6, 6.07) is 5.13. The van der Waals surface area contributed by atoms with E-state index in [1.54, 1.807) is 25.1 Å². The van der Waals surface area contributed by atoms with Crippen molar-refractivity contribution in [3.8, 4) is 5.75 Å². The molecule has 0 saturated heterocycles. The van der Waals surface area contributed by atoms with Crippen LogP contribution in [0.25, 0.3) is 0 Å². The smallest absolute Gasteiger partial charge is 0.267 e. The number of nitrogen functional groups attached to an aromatic ring is 1. The average molecular weight is 222 g/mol. The predicted molar refractivity (Wildman–Crippen MR) is 60.4 cm³/mol. The minimum Gasteiger partial charge on any atom is -0.479 e. The molecule has 1 atom stereocenters. The molecule has 1 unspecified atom stereocenters. The lowest BCUT2D eigenvalue weighted by atomic mass is 10.1. The lowest BCUT2D eigenvalue weighted by molar-refractivity contribution is -0.125. The highest BCUT2D eigenvalue weighted by Crippen LogP contribution is 2.35. The zero-order valence-corrected chi connectivity index (χ0v) is 9.01. The highest BCUT2D eigenvalue weighted by Gasteiger charge is 2.30. The van der Waals surface area contributed by atoms with Gasteiger partial charge in [0, 0.05) is 12.2 Å². The van der Waals surface area contributed by atoms with Crippen LogP contribution in [0.2, 0.25) is 0 Å². The Hall–Kier alpha value is -1.75. The third-order valence-electron chi connectivity index (χ3n) is 2.51. The summed E-state index contributed by atoms with van der Waals surface area (Å²) in [6.45, 7) is 1.85. The first-order valence-electron chi connectivity index (χ1n) is 5.12. The van der Waals surface area contributed by atoms with E-state index in [0.29, 0.717) is 17.1 Å². The summed E-state index contributed by atoms with van der Waals surface area (Å²) >= 11 is 0. The molecule has 0 aromatic heterocycles. The van der Waals surface area contributed by atoms with Gasteiger partial charge >= 0.3 is 0 Å². The summed E-state index contributed by atoms with van der Waals surface area (Å²) in [5.41, 5.74) is 6.85. The van der Waals surface area contributed by atoms with Crippen LogP contribution in [-0.2, 0) is 4.79 Å². The van der Waals surface area contributed by atoms with Gasteiger partial charge in [-0.05, 0) is 25.1 Å². The summed E-state index contributed by atoms with van der Waals surface area (Å²) in [5.74, 6) is 0.460. The fraction of sp³-hybridized carbons (Fsp3) is 0.364. The van der Waals surface area contributed by atoms with Gasteiger partial charge in [-0.25, -0.2) is 0 Å². The zero-order valence-electron chi connectivity index (χ0n) is 9.01. The number of β-amino-alcohol motifs (C(OH)–C–C–N with tert-alkyl or cyclic N) is 1. The summed E-state index contributed by atoms with van der Waals surface area (Å²) < 4.78 is 5.45. The van der Waals surface area contributed by atoms with Crippen molar-refractivity contribution in [1.29, 1.82) is 0 Å². The van der Waals surface area contributed by atoms with E-state index in [2.05, 4.69) is 0 Å². The molecule has 86 valence electrons. The first-order valence-corrected chi connectivity index (χ1v) is 5.12. The molecule has 1 aliphatic rings. The number of hydrogen-bond acceptors (Lipinski definition) is 4. The van der Waals surface area contributed by atoms with Crippen LogP contribution in [0.15, 0.2) is 18.2 Å². The molecule has 1 aliphatic heterocycles. The molecule has 3 N–H and O–H groups in total. The van der Waals surface area contributed by atoms with Crippen molar-refractivity contribution in [3.63, 3.8) is 0 Å². The summed E-state index contributed by atoms with van der Waals surface area (Å²) in [5, 5.41) is 8.95. The number of carbonyl (C=O) groups excluding carboxylic acids is 1. The maximum Gasteiger partial charge on any atom is 0.267 e. The van der Waals surface area contributed by atoms with Gasteiger partial charge in [0.25, 0.3) is 5.91 Å². The Morgan fingerprint density at radius 3 is 3.00 bits per heavy atom. The Balaban J connectivity index is 2.45. The number of amides is 1. The summed E-state index contributed by atoms with van der Waals surface area (Å²) in [4.78, 5) is 13.3. The van der Waals surface area contributed by atoms with Crippen LogP contribution in [0.5, 0.6) is 5.75 Å². The largest absolute Gasteiger partial charge is 0.479 e. The van der Waals surface area contributed by atoms with Crippen LogP contribution >= 0.6 is 0 Å². The van der Waals surface area contributed by atoms with Gasteiger partial charge in [-0.3, -0.25) is 4.79 Å². The number of nitrogens with two attached hydrogens (primary N) is 1. The van der Waals surface area contributed by atoms with Crippen molar-refractivity contribution >= 4 is 17.3 Å². The summed E-state index contributed by atoms with van der Waals surface area (Å²) in [7, 11) is 0. The van der Waals surface area contributed by atoms with Crippen LogP contribution in [-0.4, -0.2) is 30.3 Å². The van der Waals surface area contributed by atoms with E-state index in [0.717, 1.165) is 0 Å². The average Bonchev–Trinajstić information content (AvgIpc) is 2.26. The number of aliphatic hydroxyl groups excluding tert-OH is 1. The van der Waals surface area contributed by atoms with E-state index in [1.165, 1.54) is 4.90 Å². The highest BCUT2D eigenvalue weighted by atomic mass is 16.5. The molecule has 5 heteroatoms. The number of rotatable bonds is 2. The van der Waals surface area contributed by atoms with Gasteiger partial charge in [-0.15, -0.1) is 0 Å². The first kappa shape index (κ1) is 10.8. The SMILES string of the molecule is CC1Oc2ccc(N)cc2N(CCO)C1=O.